The molecule has 1 saturated heterocycles. The van der Waals surface area contributed by atoms with Gasteiger partial charge in [-0.3, -0.25) is 4.79 Å². The van der Waals surface area contributed by atoms with Crippen molar-refractivity contribution in [1.29, 1.82) is 0 Å². The molecule has 0 bridgehead atoms. The number of amides is 1. The number of rotatable bonds is 3. The largest absolute Gasteiger partial charge is 0.490 e. The first-order valence-corrected chi connectivity index (χ1v) is 7.53. The maximum atomic E-state index is 12.8. The van der Waals surface area contributed by atoms with E-state index < -0.39 is 0 Å². The maximum absolute atomic E-state index is 12.8. The minimum atomic E-state index is -0.259. The van der Waals surface area contributed by atoms with Crippen LogP contribution in [0.25, 0.3) is 0 Å². The minimum absolute atomic E-state index is 0.0263. The van der Waals surface area contributed by atoms with Crippen LogP contribution < -0.4 is 4.74 Å². The van der Waals surface area contributed by atoms with Crippen LogP contribution in [0.4, 0.5) is 4.39 Å². The molecule has 21 heavy (non-hydrogen) atoms. The molecule has 1 fully saturated rings. The lowest BCUT2D eigenvalue weighted by Crippen LogP contribution is -2.42. The van der Waals surface area contributed by atoms with Crippen molar-refractivity contribution in [1.82, 2.24) is 4.90 Å². The summed E-state index contributed by atoms with van der Waals surface area (Å²) in [5.74, 6) is 0.656. The highest BCUT2D eigenvalue weighted by atomic mass is 19.1. The monoisotopic (exact) mass is 293 g/mol. The van der Waals surface area contributed by atoms with Gasteiger partial charge in [-0.2, -0.15) is 0 Å². The van der Waals surface area contributed by atoms with Crippen LogP contribution in [-0.2, 0) is 4.79 Å². The average Bonchev–Trinajstić information content (AvgIpc) is 2.40. The van der Waals surface area contributed by atoms with Crippen molar-refractivity contribution in [2.24, 2.45) is 5.41 Å². The fourth-order valence-electron chi connectivity index (χ4n) is 2.49. The Balaban J connectivity index is 1.80. The molecule has 0 aromatic heterocycles. The van der Waals surface area contributed by atoms with Crippen LogP contribution in [0, 0.1) is 11.2 Å². The molecular formula is C17H24FNO2. The van der Waals surface area contributed by atoms with Crippen LogP contribution in [-0.4, -0.2) is 30.0 Å². The standard InChI is InChI=1S/C17H24FNO2/c1-17(2,3)12-16(20)19-10-8-15(9-11-19)21-14-6-4-13(18)5-7-14/h4-7,15H,8-12H2,1-3H3. The molecule has 0 radical (unpaired) electrons. The molecule has 1 aliphatic heterocycles. The lowest BCUT2D eigenvalue weighted by atomic mass is 9.91. The van der Waals surface area contributed by atoms with E-state index in [-0.39, 0.29) is 23.2 Å². The van der Waals surface area contributed by atoms with E-state index in [9.17, 15) is 9.18 Å². The van der Waals surface area contributed by atoms with Gasteiger partial charge in [0.05, 0.1) is 0 Å². The third-order valence-corrected chi connectivity index (χ3v) is 3.59. The molecule has 3 nitrogen and oxygen atoms in total. The third kappa shape index (κ3) is 5.03. The van der Waals surface area contributed by atoms with Crippen molar-refractivity contribution in [3.8, 4) is 5.75 Å². The van der Waals surface area contributed by atoms with Crippen LogP contribution in [0.2, 0.25) is 0 Å². The highest BCUT2D eigenvalue weighted by Crippen LogP contribution is 2.23. The van der Waals surface area contributed by atoms with Gasteiger partial charge in [0.2, 0.25) is 5.91 Å². The smallest absolute Gasteiger partial charge is 0.223 e. The number of halogens is 1. The lowest BCUT2D eigenvalue weighted by Gasteiger charge is -2.33. The van der Waals surface area contributed by atoms with E-state index in [4.69, 9.17) is 4.74 Å². The first-order chi connectivity index (χ1) is 9.83. The second-order valence-electron chi connectivity index (χ2n) is 6.89. The molecule has 2 rings (SSSR count). The topological polar surface area (TPSA) is 29.5 Å². The Kier molecular flexibility index (Phi) is 4.86. The Morgan fingerprint density at radius 3 is 2.33 bits per heavy atom. The Bertz CT molecular complexity index is 471. The maximum Gasteiger partial charge on any atom is 0.223 e. The van der Waals surface area contributed by atoms with Gasteiger partial charge in [0, 0.05) is 32.4 Å². The van der Waals surface area contributed by atoms with Crippen LogP contribution in [0.3, 0.4) is 0 Å². The van der Waals surface area contributed by atoms with E-state index in [1.54, 1.807) is 12.1 Å². The molecule has 1 aromatic rings. The number of hydrogen-bond donors (Lipinski definition) is 0. The van der Waals surface area contributed by atoms with Crippen LogP contribution in [0.15, 0.2) is 24.3 Å². The Morgan fingerprint density at radius 2 is 1.81 bits per heavy atom. The summed E-state index contributed by atoms with van der Waals surface area (Å²) in [6.07, 6.45) is 2.34. The average molecular weight is 293 g/mol. The number of ether oxygens (including phenoxy) is 1. The van der Waals surface area contributed by atoms with Gasteiger partial charge in [-0.05, 0) is 29.7 Å². The summed E-state index contributed by atoms with van der Waals surface area (Å²) >= 11 is 0. The summed E-state index contributed by atoms with van der Waals surface area (Å²) in [5, 5.41) is 0. The van der Waals surface area contributed by atoms with Gasteiger partial charge in [0.25, 0.3) is 0 Å². The highest BCUT2D eigenvalue weighted by molar-refractivity contribution is 5.76. The molecule has 1 amide bonds. The Morgan fingerprint density at radius 1 is 1.24 bits per heavy atom. The molecule has 0 unspecified atom stereocenters. The van der Waals surface area contributed by atoms with Gasteiger partial charge in [0.1, 0.15) is 17.7 Å². The van der Waals surface area contributed by atoms with Gasteiger partial charge >= 0.3 is 0 Å². The van der Waals surface area contributed by atoms with E-state index >= 15 is 0 Å². The zero-order valence-corrected chi connectivity index (χ0v) is 13.1. The molecule has 0 saturated carbocycles. The molecule has 1 aliphatic rings. The van der Waals surface area contributed by atoms with Gasteiger partial charge in [-0.15, -0.1) is 0 Å². The number of carbonyl (C=O) groups excluding carboxylic acids is 1. The Hall–Kier alpha value is -1.58. The van der Waals surface area contributed by atoms with Crippen LogP contribution in [0.1, 0.15) is 40.0 Å². The predicted molar refractivity (Wildman–Crippen MR) is 80.7 cm³/mol. The quantitative estimate of drug-likeness (QED) is 0.851. The van der Waals surface area contributed by atoms with Gasteiger partial charge in [-0.1, -0.05) is 20.8 Å². The molecule has 1 aromatic carbocycles. The second kappa shape index (κ2) is 6.46. The normalized spacial score (nSPS) is 16.9. The highest BCUT2D eigenvalue weighted by Gasteiger charge is 2.26. The first-order valence-electron chi connectivity index (χ1n) is 7.53. The summed E-state index contributed by atoms with van der Waals surface area (Å²) in [4.78, 5) is 14.1. The van der Waals surface area contributed by atoms with Crippen LogP contribution >= 0.6 is 0 Å². The number of nitrogens with zero attached hydrogens (tertiary/aromatic N) is 1. The Labute approximate surface area is 126 Å². The summed E-state index contributed by atoms with van der Waals surface area (Å²) in [6, 6.07) is 6.09. The second-order valence-corrected chi connectivity index (χ2v) is 6.89. The zero-order chi connectivity index (χ0) is 15.5. The molecule has 0 atom stereocenters. The fourth-order valence-corrected chi connectivity index (χ4v) is 2.49. The summed E-state index contributed by atoms with van der Waals surface area (Å²) < 4.78 is 18.7. The minimum Gasteiger partial charge on any atom is -0.490 e. The van der Waals surface area contributed by atoms with Crippen molar-refractivity contribution in [3.63, 3.8) is 0 Å². The van der Waals surface area contributed by atoms with Crippen molar-refractivity contribution in [3.05, 3.63) is 30.1 Å². The number of likely N-dealkylation sites (tertiary alicyclic amines) is 1. The van der Waals surface area contributed by atoms with E-state index in [0.717, 1.165) is 25.9 Å². The summed E-state index contributed by atoms with van der Waals surface area (Å²) in [7, 11) is 0. The van der Waals surface area contributed by atoms with Crippen molar-refractivity contribution >= 4 is 5.91 Å². The van der Waals surface area contributed by atoms with Gasteiger partial charge in [0.15, 0.2) is 0 Å². The van der Waals surface area contributed by atoms with E-state index in [1.807, 2.05) is 4.90 Å². The molecule has 116 valence electrons. The van der Waals surface area contributed by atoms with Crippen LogP contribution in [0.5, 0.6) is 5.75 Å². The molecular weight excluding hydrogens is 269 g/mol. The van der Waals surface area contributed by atoms with E-state index in [2.05, 4.69) is 20.8 Å². The van der Waals surface area contributed by atoms with Crippen molar-refractivity contribution in [2.45, 2.75) is 46.1 Å². The number of hydrogen-bond acceptors (Lipinski definition) is 2. The summed E-state index contributed by atoms with van der Waals surface area (Å²) in [5.41, 5.74) is 0.0263. The number of piperidine rings is 1. The zero-order valence-electron chi connectivity index (χ0n) is 13.1. The molecule has 0 N–H and O–H groups in total. The van der Waals surface area contributed by atoms with Gasteiger partial charge < -0.3 is 9.64 Å². The lowest BCUT2D eigenvalue weighted by molar-refractivity contribution is -0.134. The van der Waals surface area contributed by atoms with Crippen molar-refractivity contribution in [2.75, 3.05) is 13.1 Å². The third-order valence-electron chi connectivity index (χ3n) is 3.59. The first kappa shape index (κ1) is 15.8. The SMILES string of the molecule is CC(C)(C)CC(=O)N1CCC(Oc2ccc(F)cc2)CC1. The fraction of sp³-hybridized carbons (Fsp3) is 0.588. The number of carbonyl (C=O) groups is 1. The van der Waals surface area contributed by atoms with Crippen molar-refractivity contribution < 1.29 is 13.9 Å². The van der Waals surface area contributed by atoms with E-state index in [1.165, 1.54) is 12.1 Å². The summed E-state index contributed by atoms with van der Waals surface area (Å²) in [6.45, 7) is 7.71. The predicted octanol–water partition coefficient (Wildman–Crippen LogP) is 3.63. The molecule has 0 aliphatic carbocycles. The molecule has 0 spiro atoms. The number of benzene rings is 1. The van der Waals surface area contributed by atoms with Gasteiger partial charge in [-0.25, -0.2) is 4.39 Å². The molecule has 1 heterocycles. The molecule has 4 heteroatoms. The van der Waals surface area contributed by atoms with E-state index in [0.29, 0.717) is 12.2 Å².